The Morgan fingerprint density at radius 2 is 2.45 bits per heavy atom. The smallest absolute Gasteiger partial charge is 0.123 e. The molecule has 108 valence electrons. The number of benzene rings is 1. The Bertz CT molecular complexity index is 515. The summed E-state index contributed by atoms with van der Waals surface area (Å²) in [6.45, 7) is 3.97. The fourth-order valence-corrected chi connectivity index (χ4v) is 2.35. The van der Waals surface area contributed by atoms with Gasteiger partial charge in [0.2, 0.25) is 0 Å². The molecule has 7 heteroatoms. The van der Waals surface area contributed by atoms with E-state index >= 15 is 0 Å². The van der Waals surface area contributed by atoms with Crippen molar-refractivity contribution in [1.82, 2.24) is 0 Å². The van der Waals surface area contributed by atoms with Crippen molar-refractivity contribution in [2.75, 3.05) is 31.1 Å². The molecule has 6 nitrogen and oxygen atoms in total. The van der Waals surface area contributed by atoms with Crippen molar-refractivity contribution in [2.24, 2.45) is 10.8 Å². The number of ether oxygens (including phenoxy) is 1. The lowest BCUT2D eigenvalue weighted by Gasteiger charge is -2.35. The second-order valence-corrected chi connectivity index (χ2v) is 4.84. The number of anilines is 1. The Kier molecular flexibility index (Phi) is 4.79. The predicted octanol–water partition coefficient (Wildman–Crippen LogP) is 2.36. The maximum atomic E-state index is 13.4. The average Bonchev–Trinajstić information content (AvgIpc) is 2.45. The highest BCUT2D eigenvalue weighted by Crippen LogP contribution is 2.27. The standard InChI is InChI=1S/C13H18FN5O/c1-9(15)12-6-10(14)2-3-13(12)19-4-5-20-11(8-19)7-17-18-16/h2-3,6,9,11H,4-5,7-8,15H2,1H3/t9-,11?/m1/s1. The third kappa shape index (κ3) is 3.39. The lowest BCUT2D eigenvalue weighted by Crippen LogP contribution is -2.44. The van der Waals surface area contributed by atoms with Gasteiger partial charge in [-0.3, -0.25) is 0 Å². The quantitative estimate of drug-likeness (QED) is 0.521. The number of halogens is 1. The van der Waals surface area contributed by atoms with Gasteiger partial charge in [-0.15, -0.1) is 0 Å². The number of hydrogen-bond acceptors (Lipinski definition) is 4. The van der Waals surface area contributed by atoms with Gasteiger partial charge in [-0.05, 0) is 36.2 Å². The van der Waals surface area contributed by atoms with Crippen LogP contribution in [0.1, 0.15) is 18.5 Å². The maximum absolute atomic E-state index is 13.4. The van der Waals surface area contributed by atoms with Gasteiger partial charge < -0.3 is 15.4 Å². The van der Waals surface area contributed by atoms with Gasteiger partial charge >= 0.3 is 0 Å². The van der Waals surface area contributed by atoms with Gasteiger partial charge in [-0.1, -0.05) is 5.11 Å². The third-order valence-corrected chi connectivity index (χ3v) is 3.31. The summed E-state index contributed by atoms with van der Waals surface area (Å²) in [4.78, 5) is 4.84. The van der Waals surface area contributed by atoms with E-state index in [2.05, 4.69) is 14.9 Å². The fraction of sp³-hybridized carbons (Fsp3) is 0.538. The largest absolute Gasteiger partial charge is 0.374 e. The molecule has 0 aromatic heterocycles. The second kappa shape index (κ2) is 6.56. The Morgan fingerprint density at radius 3 is 3.15 bits per heavy atom. The maximum Gasteiger partial charge on any atom is 0.123 e. The molecule has 0 bridgehead atoms. The monoisotopic (exact) mass is 279 g/mol. The van der Waals surface area contributed by atoms with Crippen molar-refractivity contribution in [3.8, 4) is 0 Å². The Balaban J connectivity index is 2.20. The summed E-state index contributed by atoms with van der Waals surface area (Å²) in [5.74, 6) is -0.292. The average molecular weight is 279 g/mol. The van der Waals surface area contributed by atoms with Crippen LogP contribution in [0.15, 0.2) is 23.3 Å². The molecule has 1 heterocycles. The van der Waals surface area contributed by atoms with Gasteiger partial charge in [0.1, 0.15) is 5.82 Å². The van der Waals surface area contributed by atoms with Crippen LogP contribution >= 0.6 is 0 Å². The molecule has 0 spiro atoms. The van der Waals surface area contributed by atoms with Gasteiger partial charge in [-0.2, -0.15) is 0 Å². The topological polar surface area (TPSA) is 87.2 Å². The Hall–Kier alpha value is -1.82. The first-order valence-corrected chi connectivity index (χ1v) is 6.54. The van der Waals surface area contributed by atoms with Gasteiger partial charge in [0.15, 0.2) is 0 Å². The minimum atomic E-state index is -0.292. The van der Waals surface area contributed by atoms with E-state index in [1.165, 1.54) is 12.1 Å². The van der Waals surface area contributed by atoms with Crippen LogP contribution in [0, 0.1) is 5.82 Å². The van der Waals surface area contributed by atoms with Crippen molar-refractivity contribution in [3.63, 3.8) is 0 Å². The molecule has 2 rings (SSSR count). The molecule has 1 fully saturated rings. The van der Waals surface area contributed by atoms with Crippen LogP contribution in [-0.4, -0.2) is 32.3 Å². The molecule has 1 saturated heterocycles. The van der Waals surface area contributed by atoms with Gasteiger partial charge in [0.25, 0.3) is 0 Å². The lowest BCUT2D eigenvalue weighted by molar-refractivity contribution is 0.0465. The predicted molar refractivity (Wildman–Crippen MR) is 75.0 cm³/mol. The molecule has 1 aromatic rings. The summed E-state index contributed by atoms with van der Waals surface area (Å²) in [5, 5.41) is 3.54. The number of nitrogens with two attached hydrogens (primary N) is 1. The van der Waals surface area contributed by atoms with E-state index in [1.807, 2.05) is 6.92 Å². The van der Waals surface area contributed by atoms with Crippen LogP contribution in [0.5, 0.6) is 0 Å². The first-order valence-electron chi connectivity index (χ1n) is 6.54. The number of azide groups is 1. The SMILES string of the molecule is C[C@@H](N)c1cc(F)ccc1N1CCOC(CN=[N+]=[N-])C1. The van der Waals surface area contributed by atoms with Crippen LogP contribution in [0.2, 0.25) is 0 Å². The van der Waals surface area contributed by atoms with E-state index < -0.39 is 0 Å². The molecule has 1 aliphatic rings. The number of morpholine rings is 1. The van der Waals surface area contributed by atoms with Gasteiger partial charge in [0, 0.05) is 29.7 Å². The molecule has 0 amide bonds. The summed E-state index contributed by atoms with van der Waals surface area (Å²) in [6.07, 6.45) is -0.148. The first-order chi connectivity index (χ1) is 9.61. The second-order valence-electron chi connectivity index (χ2n) is 4.84. The van der Waals surface area contributed by atoms with Gasteiger partial charge in [0.05, 0.1) is 19.3 Å². The van der Waals surface area contributed by atoms with Gasteiger partial charge in [-0.25, -0.2) is 4.39 Å². The van der Waals surface area contributed by atoms with E-state index in [4.69, 9.17) is 16.0 Å². The summed E-state index contributed by atoms with van der Waals surface area (Å²) < 4.78 is 18.9. The van der Waals surface area contributed by atoms with Crippen molar-refractivity contribution < 1.29 is 9.13 Å². The molecule has 1 aromatic carbocycles. The van der Waals surface area contributed by atoms with Crippen LogP contribution < -0.4 is 10.6 Å². The molecular formula is C13H18FN5O. The highest BCUT2D eigenvalue weighted by molar-refractivity contribution is 5.55. The summed E-state index contributed by atoms with van der Waals surface area (Å²) >= 11 is 0. The molecule has 1 unspecified atom stereocenters. The summed E-state index contributed by atoms with van der Waals surface area (Å²) in [6, 6.07) is 4.39. The first kappa shape index (κ1) is 14.6. The van der Waals surface area contributed by atoms with Crippen LogP contribution in [0.3, 0.4) is 0 Å². The molecule has 0 saturated carbocycles. The summed E-state index contributed by atoms with van der Waals surface area (Å²) in [5.41, 5.74) is 16.0. The zero-order valence-corrected chi connectivity index (χ0v) is 11.4. The zero-order chi connectivity index (χ0) is 14.5. The van der Waals surface area contributed by atoms with Crippen molar-refractivity contribution >= 4 is 5.69 Å². The summed E-state index contributed by atoms with van der Waals surface area (Å²) in [7, 11) is 0. The molecule has 1 aliphatic heterocycles. The van der Waals surface area contributed by atoms with Crippen molar-refractivity contribution in [3.05, 3.63) is 40.0 Å². The highest BCUT2D eigenvalue weighted by atomic mass is 19.1. The number of nitrogens with zero attached hydrogens (tertiary/aromatic N) is 4. The molecule has 20 heavy (non-hydrogen) atoms. The molecule has 2 N–H and O–H groups in total. The molecule has 0 radical (unpaired) electrons. The minimum absolute atomic E-state index is 0.148. The minimum Gasteiger partial charge on any atom is -0.374 e. The molecule has 2 atom stereocenters. The number of rotatable bonds is 4. The van der Waals surface area contributed by atoms with Crippen molar-refractivity contribution in [1.29, 1.82) is 0 Å². The van der Waals surface area contributed by atoms with E-state index in [9.17, 15) is 4.39 Å². The highest BCUT2D eigenvalue weighted by Gasteiger charge is 2.22. The Labute approximate surface area is 116 Å². The molecular weight excluding hydrogens is 261 g/mol. The zero-order valence-electron chi connectivity index (χ0n) is 11.4. The van der Waals surface area contributed by atoms with Crippen molar-refractivity contribution in [2.45, 2.75) is 19.1 Å². The molecule has 0 aliphatic carbocycles. The van der Waals surface area contributed by atoms with E-state index in [-0.39, 0.29) is 18.0 Å². The normalized spacial score (nSPS) is 20.4. The lowest BCUT2D eigenvalue weighted by atomic mass is 10.0. The van der Waals surface area contributed by atoms with Crippen LogP contribution in [0.4, 0.5) is 10.1 Å². The third-order valence-electron chi connectivity index (χ3n) is 3.31. The Morgan fingerprint density at radius 1 is 1.65 bits per heavy atom. The van der Waals surface area contributed by atoms with E-state index in [0.29, 0.717) is 26.2 Å². The number of hydrogen-bond donors (Lipinski definition) is 1. The van der Waals surface area contributed by atoms with Crippen LogP contribution in [-0.2, 0) is 4.74 Å². The van der Waals surface area contributed by atoms with E-state index in [0.717, 1.165) is 11.3 Å². The van der Waals surface area contributed by atoms with E-state index in [1.54, 1.807) is 6.07 Å². The fourth-order valence-electron chi connectivity index (χ4n) is 2.35. The van der Waals surface area contributed by atoms with Crippen LogP contribution in [0.25, 0.3) is 10.4 Å².